The monoisotopic (exact) mass is 618 g/mol. The number of hydrogen-bond acceptors (Lipinski definition) is 8. The van der Waals surface area contributed by atoms with Crippen LogP contribution < -0.4 is 15.2 Å². The molecule has 44 heavy (non-hydrogen) atoms. The molecule has 2 unspecified atom stereocenters. The average Bonchev–Trinajstić information content (AvgIpc) is 2.95. The van der Waals surface area contributed by atoms with Crippen LogP contribution in [0.15, 0.2) is 77.7 Å². The third-order valence-corrected chi connectivity index (χ3v) is 8.48. The quantitative estimate of drug-likeness (QED) is 0.193. The molecule has 0 aliphatic rings. The van der Waals surface area contributed by atoms with Gasteiger partial charge in [0.2, 0.25) is 11.8 Å². The van der Waals surface area contributed by atoms with Gasteiger partial charge in [0.25, 0.3) is 10.0 Å². The fourth-order valence-electron chi connectivity index (χ4n) is 4.84. The van der Waals surface area contributed by atoms with E-state index in [0.29, 0.717) is 5.69 Å². The average molecular weight is 619 g/mol. The maximum atomic E-state index is 13.4. The molecule has 0 aliphatic carbocycles. The molecule has 0 fully saturated rings. The van der Waals surface area contributed by atoms with Crippen molar-refractivity contribution in [3.05, 3.63) is 101 Å². The lowest BCUT2D eigenvalue weighted by molar-refractivity contribution is 0.0696. The fourth-order valence-corrected chi connectivity index (χ4v) is 5.83. The number of nitrogens with zero attached hydrogens (tertiary/aromatic N) is 2. The summed E-state index contributed by atoms with van der Waals surface area (Å²) in [5.74, 6) is -1.41. The number of hydrogen-bond donors (Lipinski definition) is 3. The predicted molar refractivity (Wildman–Crippen MR) is 170 cm³/mol. The van der Waals surface area contributed by atoms with E-state index in [-0.39, 0.29) is 34.3 Å². The molecule has 0 saturated carbocycles. The molecule has 10 nitrogen and oxygen atoms in total. The van der Waals surface area contributed by atoms with Crippen LogP contribution in [0.1, 0.15) is 59.5 Å². The molecule has 1 heterocycles. The summed E-state index contributed by atoms with van der Waals surface area (Å²) in [4.78, 5) is 20.2. The number of benzene rings is 3. The van der Waals surface area contributed by atoms with Gasteiger partial charge >= 0.3 is 5.97 Å². The van der Waals surface area contributed by atoms with Crippen LogP contribution in [0, 0.1) is 13.8 Å². The number of methoxy groups -OCH3 is 1. The van der Waals surface area contributed by atoms with Crippen molar-refractivity contribution in [2.45, 2.75) is 57.1 Å². The van der Waals surface area contributed by atoms with E-state index < -0.39 is 28.1 Å². The zero-order valence-electron chi connectivity index (χ0n) is 25.7. The molecule has 0 amide bonds. The van der Waals surface area contributed by atoms with Crippen LogP contribution in [-0.2, 0) is 20.2 Å². The summed E-state index contributed by atoms with van der Waals surface area (Å²) in [5, 5.41) is 9.36. The van der Waals surface area contributed by atoms with E-state index >= 15 is 0 Å². The van der Waals surface area contributed by atoms with E-state index in [1.807, 2.05) is 56.3 Å². The lowest BCUT2D eigenvalue weighted by Crippen LogP contribution is -2.36. The van der Waals surface area contributed by atoms with Crippen molar-refractivity contribution in [1.82, 2.24) is 9.97 Å². The zero-order valence-corrected chi connectivity index (χ0v) is 26.5. The first-order chi connectivity index (χ1) is 20.7. The van der Waals surface area contributed by atoms with Crippen LogP contribution in [0.4, 0.5) is 5.95 Å². The summed E-state index contributed by atoms with van der Waals surface area (Å²) in [7, 11) is -2.72. The Balaban J connectivity index is 1.81. The van der Waals surface area contributed by atoms with Crippen LogP contribution >= 0.6 is 0 Å². The number of aromatic carboxylic acids is 1. The molecule has 0 bridgehead atoms. The summed E-state index contributed by atoms with van der Waals surface area (Å²) < 4.78 is 40.9. The SMILES string of the molecule is COCC(N)C(Oc1cc(-c2c(C)cccc2C)nc(NS(=O)(=O)c2cccc(C(=O)O)c2)n1)c1ccc(C(C)(C)C)cc1. The lowest BCUT2D eigenvalue weighted by Gasteiger charge is -2.26. The van der Waals surface area contributed by atoms with E-state index in [1.54, 1.807) is 13.2 Å². The minimum Gasteiger partial charge on any atom is -0.478 e. The van der Waals surface area contributed by atoms with Gasteiger partial charge in [-0.25, -0.2) is 22.9 Å². The summed E-state index contributed by atoms with van der Waals surface area (Å²) in [6, 6.07) is 19.8. The number of nitrogens with two attached hydrogens (primary N) is 1. The fraction of sp³-hybridized carbons (Fsp3) is 0.303. The lowest BCUT2D eigenvalue weighted by atomic mass is 9.86. The Labute approximate surface area is 258 Å². The van der Waals surface area contributed by atoms with Crippen molar-refractivity contribution in [3.63, 3.8) is 0 Å². The third kappa shape index (κ3) is 7.60. The number of rotatable bonds is 11. The van der Waals surface area contributed by atoms with Crippen molar-refractivity contribution in [3.8, 4) is 17.1 Å². The van der Waals surface area contributed by atoms with Gasteiger partial charge in [-0.1, -0.05) is 69.3 Å². The molecule has 0 radical (unpaired) electrons. The maximum absolute atomic E-state index is 13.4. The van der Waals surface area contributed by atoms with Gasteiger partial charge in [-0.3, -0.25) is 0 Å². The normalized spacial score (nSPS) is 13.2. The van der Waals surface area contributed by atoms with Crippen molar-refractivity contribution in [1.29, 1.82) is 0 Å². The zero-order chi connectivity index (χ0) is 32.2. The Kier molecular flexibility index (Phi) is 9.72. The number of aryl methyl sites for hydroxylation is 2. The molecule has 4 aromatic rings. The molecule has 3 aromatic carbocycles. The Morgan fingerprint density at radius 2 is 1.61 bits per heavy atom. The Morgan fingerprint density at radius 3 is 2.20 bits per heavy atom. The van der Waals surface area contributed by atoms with Gasteiger partial charge in [-0.05, 0) is 59.7 Å². The number of aromatic nitrogens is 2. The van der Waals surface area contributed by atoms with Crippen molar-refractivity contribution < 1.29 is 27.8 Å². The highest BCUT2D eigenvalue weighted by Crippen LogP contribution is 2.32. The van der Waals surface area contributed by atoms with Gasteiger partial charge in [0.05, 0.1) is 28.8 Å². The third-order valence-electron chi connectivity index (χ3n) is 7.16. The molecule has 4 N–H and O–H groups in total. The molecule has 0 aliphatic heterocycles. The number of sulfonamides is 1. The van der Waals surface area contributed by atoms with Crippen LogP contribution in [0.2, 0.25) is 0 Å². The Hall–Kier alpha value is -4.32. The summed E-state index contributed by atoms with van der Waals surface area (Å²) in [6.07, 6.45) is -0.693. The summed E-state index contributed by atoms with van der Waals surface area (Å²) >= 11 is 0. The van der Waals surface area contributed by atoms with Crippen molar-refractivity contribution in [2.75, 3.05) is 18.4 Å². The summed E-state index contributed by atoms with van der Waals surface area (Å²) in [5.41, 5.74) is 11.3. The van der Waals surface area contributed by atoms with Gasteiger partial charge in [0.1, 0.15) is 6.10 Å². The van der Waals surface area contributed by atoms with Gasteiger partial charge in [0.15, 0.2) is 0 Å². The predicted octanol–water partition coefficient (Wildman–Crippen LogP) is 5.65. The molecule has 1 aromatic heterocycles. The maximum Gasteiger partial charge on any atom is 0.335 e. The molecule has 0 saturated heterocycles. The van der Waals surface area contributed by atoms with Gasteiger partial charge in [-0.15, -0.1) is 0 Å². The van der Waals surface area contributed by atoms with E-state index in [9.17, 15) is 18.3 Å². The van der Waals surface area contributed by atoms with E-state index in [4.69, 9.17) is 15.2 Å². The minimum atomic E-state index is -4.27. The van der Waals surface area contributed by atoms with Crippen LogP contribution in [0.25, 0.3) is 11.3 Å². The molecular formula is C33H38N4O6S. The number of anilines is 1. The second kappa shape index (κ2) is 13.1. The first kappa shape index (κ1) is 32.6. The first-order valence-corrected chi connectivity index (χ1v) is 15.5. The molecule has 0 spiro atoms. The second-order valence-corrected chi connectivity index (χ2v) is 13.3. The van der Waals surface area contributed by atoms with Crippen LogP contribution in [0.5, 0.6) is 5.88 Å². The number of carboxylic acids is 1. The molecule has 4 rings (SSSR count). The highest BCUT2D eigenvalue weighted by molar-refractivity contribution is 7.92. The smallest absolute Gasteiger partial charge is 0.335 e. The van der Waals surface area contributed by atoms with Crippen LogP contribution in [-0.4, -0.2) is 49.2 Å². The minimum absolute atomic E-state index is 0.0491. The highest BCUT2D eigenvalue weighted by Gasteiger charge is 2.26. The van der Waals surface area contributed by atoms with Gasteiger partial charge in [-0.2, -0.15) is 4.98 Å². The van der Waals surface area contributed by atoms with Crippen LogP contribution in [0.3, 0.4) is 0 Å². The first-order valence-electron chi connectivity index (χ1n) is 14.0. The topological polar surface area (TPSA) is 154 Å². The van der Waals surface area contributed by atoms with E-state index in [2.05, 4.69) is 35.5 Å². The number of carboxylic acid groups (broad SMARTS) is 1. The van der Waals surface area contributed by atoms with Crippen molar-refractivity contribution >= 4 is 21.9 Å². The number of nitrogens with one attached hydrogen (secondary N) is 1. The largest absolute Gasteiger partial charge is 0.478 e. The number of ether oxygens (including phenoxy) is 2. The molecule has 11 heteroatoms. The Bertz CT molecular complexity index is 1730. The van der Waals surface area contributed by atoms with Crippen molar-refractivity contribution in [2.24, 2.45) is 5.73 Å². The Morgan fingerprint density at radius 1 is 0.977 bits per heavy atom. The number of carbonyl (C=O) groups is 1. The van der Waals surface area contributed by atoms with Gasteiger partial charge < -0.3 is 20.3 Å². The summed E-state index contributed by atoms with van der Waals surface area (Å²) in [6.45, 7) is 10.4. The van der Waals surface area contributed by atoms with Gasteiger partial charge in [0, 0.05) is 18.7 Å². The molecule has 2 atom stereocenters. The van der Waals surface area contributed by atoms with E-state index in [0.717, 1.165) is 33.9 Å². The van der Waals surface area contributed by atoms with E-state index in [1.165, 1.54) is 18.2 Å². The standard InChI is InChI=1S/C33H38N4O6S/c1-20-9-7-10-21(2)29(20)27-18-28(36-32(35-27)37-44(40,41)25-12-8-11-23(17-25)31(38)39)43-30(26(34)19-42-6)22-13-15-24(16-14-22)33(3,4)5/h7-18,26,30H,19,34H2,1-6H3,(H,38,39)(H,35,36,37). The molecular weight excluding hydrogens is 580 g/mol. The highest BCUT2D eigenvalue weighted by atomic mass is 32.2. The second-order valence-electron chi connectivity index (χ2n) is 11.6. The molecule has 232 valence electrons.